The van der Waals surface area contributed by atoms with Crippen molar-refractivity contribution in [3.05, 3.63) is 0 Å². The van der Waals surface area contributed by atoms with Gasteiger partial charge in [0.2, 0.25) is 5.91 Å². The number of nitrogens with zero attached hydrogens (tertiary/aromatic N) is 1. The Bertz CT molecular complexity index is 193. The number of hydrogen-bond donors (Lipinski definition) is 1. The summed E-state index contributed by atoms with van der Waals surface area (Å²) in [6, 6.07) is 0. The first-order valence-electron chi connectivity index (χ1n) is 7.02. The predicted octanol–water partition coefficient (Wildman–Crippen LogP) is 2.66. The number of hydrogen-bond acceptors (Lipinski definition) is 2. The number of likely N-dealkylation sites (N-methyl/N-ethyl adjacent to an activating group) is 1. The van der Waals surface area contributed by atoms with Gasteiger partial charge in [0.1, 0.15) is 0 Å². The van der Waals surface area contributed by atoms with Crippen LogP contribution in [0.3, 0.4) is 0 Å². The van der Waals surface area contributed by atoms with Gasteiger partial charge in [-0.2, -0.15) is 0 Å². The maximum absolute atomic E-state index is 11.4. The normalized spacial score (nSPS) is 10.9. The van der Waals surface area contributed by atoms with Gasteiger partial charge >= 0.3 is 0 Å². The highest BCUT2D eigenvalue weighted by Crippen LogP contribution is 2.08. The molecular formula is C14H30N2O. The van der Waals surface area contributed by atoms with Crippen LogP contribution in [0.1, 0.15) is 52.9 Å². The van der Waals surface area contributed by atoms with Crippen molar-refractivity contribution in [2.75, 3.05) is 26.7 Å². The Morgan fingerprint density at radius 2 is 1.82 bits per heavy atom. The second-order valence-corrected chi connectivity index (χ2v) is 5.18. The molecular weight excluding hydrogens is 212 g/mol. The molecule has 0 aromatic carbocycles. The van der Waals surface area contributed by atoms with Gasteiger partial charge in [-0.05, 0) is 25.8 Å². The Morgan fingerprint density at radius 3 is 2.41 bits per heavy atom. The summed E-state index contributed by atoms with van der Waals surface area (Å²) in [6.07, 6.45) is 6.46. The fourth-order valence-corrected chi connectivity index (χ4v) is 1.66. The molecule has 1 N–H and O–H groups in total. The molecule has 0 aliphatic rings. The summed E-state index contributed by atoms with van der Waals surface area (Å²) in [5, 5.41) is 3.21. The van der Waals surface area contributed by atoms with E-state index in [1.807, 2.05) is 14.0 Å². The van der Waals surface area contributed by atoms with Gasteiger partial charge < -0.3 is 10.2 Å². The largest absolute Gasteiger partial charge is 0.345 e. The highest BCUT2D eigenvalue weighted by atomic mass is 16.2. The third-order valence-electron chi connectivity index (χ3n) is 3.06. The van der Waals surface area contributed by atoms with Crippen molar-refractivity contribution >= 4 is 5.91 Å². The van der Waals surface area contributed by atoms with Crippen LogP contribution in [-0.4, -0.2) is 37.5 Å². The van der Waals surface area contributed by atoms with Crippen molar-refractivity contribution in [1.82, 2.24) is 10.2 Å². The first kappa shape index (κ1) is 16.4. The summed E-state index contributed by atoms with van der Waals surface area (Å²) in [5.74, 6) is 1.02. The lowest BCUT2D eigenvalue weighted by atomic mass is 10.0. The lowest BCUT2D eigenvalue weighted by molar-refractivity contribution is -0.128. The zero-order valence-corrected chi connectivity index (χ0v) is 12.1. The van der Waals surface area contributed by atoms with E-state index in [0.717, 1.165) is 19.0 Å². The molecule has 0 bridgehead atoms. The Kier molecular flexibility index (Phi) is 10.2. The number of nitrogens with one attached hydrogen (secondary N) is 1. The van der Waals surface area contributed by atoms with Gasteiger partial charge in [-0.15, -0.1) is 0 Å². The molecule has 0 rings (SSSR count). The molecule has 0 saturated heterocycles. The molecule has 3 heteroatoms. The molecule has 1 amide bonds. The number of carbonyl (C=O) groups excluding carboxylic acids is 1. The van der Waals surface area contributed by atoms with Crippen molar-refractivity contribution in [2.45, 2.75) is 52.9 Å². The summed E-state index contributed by atoms with van der Waals surface area (Å²) >= 11 is 0. The summed E-state index contributed by atoms with van der Waals surface area (Å²) in [7, 11) is 1.84. The van der Waals surface area contributed by atoms with E-state index in [4.69, 9.17) is 0 Å². The fraction of sp³-hybridized carbons (Fsp3) is 0.929. The average molecular weight is 242 g/mol. The quantitative estimate of drug-likeness (QED) is 0.597. The maximum Gasteiger partial charge on any atom is 0.236 e. The second-order valence-electron chi connectivity index (χ2n) is 5.18. The number of rotatable bonds is 10. The van der Waals surface area contributed by atoms with Gasteiger partial charge in [-0.1, -0.05) is 39.5 Å². The molecule has 102 valence electrons. The van der Waals surface area contributed by atoms with Crippen LogP contribution in [0, 0.1) is 5.92 Å². The van der Waals surface area contributed by atoms with Gasteiger partial charge in [-0.25, -0.2) is 0 Å². The van der Waals surface area contributed by atoms with Crippen LogP contribution in [0.25, 0.3) is 0 Å². The Labute approximate surface area is 107 Å². The van der Waals surface area contributed by atoms with E-state index in [0.29, 0.717) is 6.54 Å². The molecule has 0 unspecified atom stereocenters. The van der Waals surface area contributed by atoms with Crippen molar-refractivity contribution in [1.29, 1.82) is 0 Å². The highest BCUT2D eigenvalue weighted by Gasteiger charge is 2.04. The van der Waals surface area contributed by atoms with Gasteiger partial charge in [0.05, 0.1) is 6.54 Å². The molecule has 0 fully saturated rings. The first-order chi connectivity index (χ1) is 8.07. The van der Waals surface area contributed by atoms with Gasteiger partial charge in [0.25, 0.3) is 0 Å². The molecule has 0 radical (unpaired) electrons. The monoisotopic (exact) mass is 242 g/mol. The summed E-state index contributed by atoms with van der Waals surface area (Å²) in [4.78, 5) is 13.2. The highest BCUT2D eigenvalue weighted by molar-refractivity contribution is 5.77. The van der Waals surface area contributed by atoms with Crippen molar-refractivity contribution in [2.24, 2.45) is 5.92 Å². The zero-order chi connectivity index (χ0) is 13.1. The molecule has 0 saturated carbocycles. The van der Waals surface area contributed by atoms with Crippen LogP contribution in [0.4, 0.5) is 0 Å². The van der Waals surface area contributed by atoms with Crippen LogP contribution >= 0.6 is 0 Å². The van der Waals surface area contributed by atoms with Crippen LogP contribution in [0.2, 0.25) is 0 Å². The van der Waals surface area contributed by atoms with Gasteiger partial charge in [0, 0.05) is 13.6 Å². The Balaban J connectivity index is 3.21. The molecule has 17 heavy (non-hydrogen) atoms. The average Bonchev–Trinajstić information content (AvgIpc) is 2.30. The van der Waals surface area contributed by atoms with E-state index in [-0.39, 0.29) is 5.91 Å². The van der Waals surface area contributed by atoms with Gasteiger partial charge in [-0.3, -0.25) is 4.79 Å². The van der Waals surface area contributed by atoms with Crippen LogP contribution in [-0.2, 0) is 4.79 Å². The molecule has 0 aliphatic carbocycles. The van der Waals surface area contributed by atoms with Crippen molar-refractivity contribution in [3.8, 4) is 0 Å². The zero-order valence-electron chi connectivity index (χ0n) is 12.1. The minimum absolute atomic E-state index is 0.187. The number of unbranched alkanes of at least 4 members (excludes halogenated alkanes) is 3. The third-order valence-corrected chi connectivity index (χ3v) is 3.06. The molecule has 0 atom stereocenters. The Morgan fingerprint density at radius 1 is 1.18 bits per heavy atom. The van der Waals surface area contributed by atoms with E-state index < -0.39 is 0 Å². The minimum Gasteiger partial charge on any atom is -0.345 e. The first-order valence-corrected chi connectivity index (χ1v) is 7.02. The lowest BCUT2D eigenvalue weighted by Crippen LogP contribution is -2.35. The predicted molar refractivity (Wildman–Crippen MR) is 74.1 cm³/mol. The maximum atomic E-state index is 11.4. The summed E-state index contributed by atoms with van der Waals surface area (Å²) < 4.78 is 0. The molecule has 0 aromatic heterocycles. The molecule has 0 aromatic rings. The molecule has 0 spiro atoms. The lowest BCUT2D eigenvalue weighted by Gasteiger charge is -2.14. The van der Waals surface area contributed by atoms with E-state index in [1.165, 1.54) is 32.1 Å². The topological polar surface area (TPSA) is 32.3 Å². The van der Waals surface area contributed by atoms with Gasteiger partial charge in [0.15, 0.2) is 0 Å². The smallest absolute Gasteiger partial charge is 0.236 e. The SMILES string of the molecule is CCN(C)C(=O)CNCCCCCCC(C)C. The van der Waals surface area contributed by atoms with Crippen molar-refractivity contribution in [3.63, 3.8) is 0 Å². The van der Waals surface area contributed by atoms with Crippen LogP contribution in [0.5, 0.6) is 0 Å². The van der Waals surface area contributed by atoms with Crippen molar-refractivity contribution < 1.29 is 4.79 Å². The number of carbonyl (C=O) groups is 1. The molecule has 0 aliphatic heterocycles. The Hall–Kier alpha value is -0.570. The van der Waals surface area contributed by atoms with E-state index >= 15 is 0 Å². The van der Waals surface area contributed by atoms with E-state index in [9.17, 15) is 4.79 Å². The second kappa shape index (κ2) is 10.6. The summed E-state index contributed by atoms with van der Waals surface area (Å²) in [5.41, 5.74) is 0. The van der Waals surface area contributed by atoms with Crippen LogP contribution in [0.15, 0.2) is 0 Å². The van der Waals surface area contributed by atoms with E-state index in [2.05, 4.69) is 19.2 Å². The molecule has 0 heterocycles. The fourth-order valence-electron chi connectivity index (χ4n) is 1.66. The summed E-state index contributed by atoms with van der Waals surface area (Å²) in [6.45, 7) is 8.78. The third kappa shape index (κ3) is 10.3. The molecule has 3 nitrogen and oxygen atoms in total. The minimum atomic E-state index is 0.187. The number of amides is 1. The van der Waals surface area contributed by atoms with Crippen LogP contribution < -0.4 is 5.32 Å². The van der Waals surface area contributed by atoms with E-state index in [1.54, 1.807) is 4.90 Å². The standard InChI is InChI=1S/C14H30N2O/c1-5-16(4)14(17)12-15-11-9-7-6-8-10-13(2)3/h13,15H,5-12H2,1-4H3.